The number of fused-ring (bicyclic) bond motifs is 1. The van der Waals surface area contributed by atoms with Crippen molar-refractivity contribution in [2.24, 2.45) is 0 Å². The number of hydrogen-bond acceptors (Lipinski definition) is 1. The van der Waals surface area contributed by atoms with Crippen LogP contribution < -0.4 is 0 Å². The lowest BCUT2D eigenvalue weighted by molar-refractivity contribution is 0.621. The molecule has 0 radical (unpaired) electrons. The molecule has 0 atom stereocenters. The lowest BCUT2D eigenvalue weighted by atomic mass is 10.1. The Hall–Kier alpha value is -0.890. The molecule has 2 rings (SSSR count). The number of benzene rings is 1. The second-order valence-corrected chi connectivity index (χ2v) is 4.23. The molecular weight excluding hydrogens is 171 g/mol. The predicted molar refractivity (Wildman–Crippen MR) is 51.3 cm³/mol. The van der Waals surface area contributed by atoms with E-state index in [1.807, 2.05) is 26.0 Å². The van der Waals surface area contributed by atoms with E-state index in [9.17, 15) is 4.39 Å². The van der Waals surface area contributed by atoms with E-state index in [1.54, 1.807) is 11.3 Å². The van der Waals surface area contributed by atoms with Crippen LogP contribution in [0.4, 0.5) is 4.39 Å². The van der Waals surface area contributed by atoms with Gasteiger partial charge in [0.1, 0.15) is 5.82 Å². The van der Waals surface area contributed by atoms with Gasteiger partial charge in [0.05, 0.1) is 0 Å². The van der Waals surface area contributed by atoms with E-state index >= 15 is 0 Å². The average molecular weight is 180 g/mol. The van der Waals surface area contributed by atoms with Crippen molar-refractivity contribution in [1.82, 2.24) is 0 Å². The molecule has 0 N–H and O–H groups in total. The first kappa shape index (κ1) is 7.74. The zero-order valence-corrected chi connectivity index (χ0v) is 7.83. The van der Waals surface area contributed by atoms with Gasteiger partial charge in [-0.05, 0) is 43.0 Å². The molecule has 0 aliphatic rings. The van der Waals surface area contributed by atoms with Gasteiger partial charge in [0, 0.05) is 9.58 Å². The molecule has 1 heterocycles. The van der Waals surface area contributed by atoms with Gasteiger partial charge in [0.2, 0.25) is 0 Å². The highest BCUT2D eigenvalue weighted by Crippen LogP contribution is 2.28. The van der Waals surface area contributed by atoms with Crippen LogP contribution in [0, 0.1) is 19.7 Å². The zero-order chi connectivity index (χ0) is 8.72. The normalized spacial score (nSPS) is 10.9. The van der Waals surface area contributed by atoms with E-state index in [1.165, 1.54) is 15.6 Å². The van der Waals surface area contributed by atoms with Crippen LogP contribution in [-0.2, 0) is 0 Å². The van der Waals surface area contributed by atoms with Crippen LogP contribution in [0.2, 0.25) is 0 Å². The summed E-state index contributed by atoms with van der Waals surface area (Å²) < 4.78 is 14.2. The van der Waals surface area contributed by atoms with Crippen molar-refractivity contribution in [1.29, 1.82) is 0 Å². The molecule has 2 aromatic rings. The smallest absolute Gasteiger partial charge is 0.126 e. The summed E-state index contributed by atoms with van der Waals surface area (Å²) in [5.74, 6) is -0.111. The van der Waals surface area contributed by atoms with Crippen LogP contribution >= 0.6 is 11.3 Å². The SMILES string of the molecule is Cc1cc2c(C)c(F)ccc2s1. The van der Waals surface area contributed by atoms with E-state index in [0.29, 0.717) is 0 Å². The first-order valence-electron chi connectivity index (χ1n) is 3.84. The number of thiophene rings is 1. The Balaban J connectivity index is 2.89. The Kier molecular flexibility index (Phi) is 1.65. The highest BCUT2D eigenvalue weighted by molar-refractivity contribution is 7.19. The van der Waals surface area contributed by atoms with E-state index in [-0.39, 0.29) is 5.82 Å². The molecule has 0 aliphatic carbocycles. The Morgan fingerprint density at radius 2 is 2.00 bits per heavy atom. The summed E-state index contributed by atoms with van der Waals surface area (Å²) in [6.45, 7) is 3.87. The highest BCUT2D eigenvalue weighted by Gasteiger charge is 2.04. The number of aryl methyl sites for hydroxylation is 2. The fraction of sp³-hybridized carbons (Fsp3) is 0.200. The molecule has 0 saturated carbocycles. The Labute approximate surface area is 74.6 Å². The lowest BCUT2D eigenvalue weighted by Gasteiger charge is -1.95. The van der Waals surface area contributed by atoms with Crippen LogP contribution in [0.15, 0.2) is 18.2 Å². The molecule has 0 nitrogen and oxygen atoms in total. The second kappa shape index (κ2) is 2.56. The van der Waals surface area contributed by atoms with Gasteiger partial charge in [-0.15, -0.1) is 11.3 Å². The van der Waals surface area contributed by atoms with Crippen molar-refractivity contribution in [3.63, 3.8) is 0 Å². The molecule has 0 saturated heterocycles. The van der Waals surface area contributed by atoms with Crippen LogP contribution in [0.1, 0.15) is 10.4 Å². The summed E-state index contributed by atoms with van der Waals surface area (Å²) in [6.07, 6.45) is 0. The predicted octanol–water partition coefficient (Wildman–Crippen LogP) is 3.66. The van der Waals surface area contributed by atoms with Gasteiger partial charge < -0.3 is 0 Å². The minimum Gasteiger partial charge on any atom is -0.207 e. The molecule has 0 bridgehead atoms. The fourth-order valence-electron chi connectivity index (χ4n) is 1.35. The molecule has 62 valence electrons. The highest BCUT2D eigenvalue weighted by atomic mass is 32.1. The summed E-state index contributed by atoms with van der Waals surface area (Å²) in [6, 6.07) is 5.42. The second-order valence-electron chi connectivity index (χ2n) is 2.94. The van der Waals surface area contributed by atoms with Gasteiger partial charge in [-0.3, -0.25) is 0 Å². The molecular formula is C10H9FS. The zero-order valence-electron chi connectivity index (χ0n) is 7.02. The molecule has 12 heavy (non-hydrogen) atoms. The Morgan fingerprint density at radius 1 is 1.25 bits per heavy atom. The van der Waals surface area contributed by atoms with E-state index in [0.717, 1.165) is 10.9 Å². The third kappa shape index (κ3) is 1.03. The summed E-state index contributed by atoms with van der Waals surface area (Å²) in [4.78, 5) is 1.23. The van der Waals surface area contributed by atoms with Crippen molar-refractivity contribution in [2.75, 3.05) is 0 Å². The summed E-state index contributed by atoms with van der Waals surface area (Å²) in [7, 11) is 0. The van der Waals surface area contributed by atoms with Gasteiger partial charge in [0.25, 0.3) is 0 Å². The summed E-state index contributed by atoms with van der Waals surface area (Å²) in [5.41, 5.74) is 0.761. The van der Waals surface area contributed by atoms with Crippen molar-refractivity contribution < 1.29 is 4.39 Å². The quantitative estimate of drug-likeness (QED) is 0.580. The largest absolute Gasteiger partial charge is 0.207 e. The van der Waals surface area contributed by atoms with Crippen molar-refractivity contribution in [2.45, 2.75) is 13.8 Å². The summed E-state index contributed by atoms with van der Waals surface area (Å²) >= 11 is 1.71. The average Bonchev–Trinajstić information content (AvgIpc) is 2.39. The van der Waals surface area contributed by atoms with Crippen molar-refractivity contribution in [3.05, 3.63) is 34.5 Å². The molecule has 0 fully saturated rings. The standard InChI is InChI=1S/C10H9FS/c1-6-5-8-7(2)9(11)3-4-10(8)12-6/h3-5H,1-2H3. The van der Waals surface area contributed by atoms with Gasteiger partial charge >= 0.3 is 0 Å². The molecule has 0 aliphatic heterocycles. The molecule has 0 spiro atoms. The van der Waals surface area contributed by atoms with E-state index in [4.69, 9.17) is 0 Å². The Morgan fingerprint density at radius 3 is 2.75 bits per heavy atom. The minimum atomic E-state index is -0.111. The lowest BCUT2D eigenvalue weighted by Crippen LogP contribution is -1.79. The van der Waals surface area contributed by atoms with Crippen LogP contribution in [-0.4, -0.2) is 0 Å². The van der Waals surface area contributed by atoms with Crippen molar-refractivity contribution >= 4 is 21.4 Å². The van der Waals surface area contributed by atoms with Crippen LogP contribution in [0.3, 0.4) is 0 Å². The molecule has 0 unspecified atom stereocenters. The molecule has 1 aromatic heterocycles. The molecule has 2 heteroatoms. The van der Waals surface area contributed by atoms with Gasteiger partial charge in [-0.2, -0.15) is 0 Å². The Bertz CT molecular complexity index is 429. The first-order valence-corrected chi connectivity index (χ1v) is 4.65. The fourth-order valence-corrected chi connectivity index (χ4v) is 2.33. The molecule has 0 amide bonds. The monoisotopic (exact) mass is 180 g/mol. The maximum absolute atomic E-state index is 13.1. The summed E-state index contributed by atoms with van der Waals surface area (Å²) in [5, 5.41) is 1.05. The third-order valence-corrected chi connectivity index (χ3v) is 3.04. The minimum absolute atomic E-state index is 0.111. The number of halogens is 1. The number of hydrogen-bond donors (Lipinski definition) is 0. The maximum Gasteiger partial charge on any atom is 0.126 e. The van der Waals surface area contributed by atoms with E-state index in [2.05, 4.69) is 0 Å². The van der Waals surface area contributed by atoms with Crippen molar-refractivity contribution in [3.8, 4) is 0 Å². The van der Waals surface area contributed by atoms with Crippen LogP contribution in [0.5, 0.6) is 0 Å². The van der Waals surface area contributed by atoms with E-state index < -0.39 is 0 Å². The van der Waals surface area contributed by atoms with Gasteiger partial charge in [-0.1, -0.05) is 0 Å². The van der Waals surface area contributed by atoms with Crippen LogP contribution in [0.25, 0.3) is 10.1 Å². The van der Waals surface area contributed by atoms with Gasteiger partial charge in [0.15, 0.2) is 0 Å². The third-order valence-electron chi connectivity index (χ3n) is 2.03. The van der Waals surface area contributed by atoms with Gasteiger partial charge in [-0.25, -0.2) is 4.39 Å². The maximum atomic E-state index is 13.1. The first-order chi connectivity index (χ1) is 5.68. The topological polar surface area (TPSA) is 0 Å². The number of rotatable bonds is 0. The molecule has 1 aromatic carbocycles.